The minimum Gasteiger partial charge on any atom is -0.381 e. The first-order chi connectivity index (χ1) is 23.0. The van der Waals surface area contributed by atoms with Crippen LogP contribution in [0.2, 0.25) is 0 Å². The van der Waals surface area contributed by atoms with Crippen molar-refractivity contribution in [3.05, 3.63) is 71.7 Å². The summed E-state index contributed by atoms with van der Waals surface area (Å²) in [5.41, 5.74) is 8.39. The summed E-state index contributed by atoms with van der Waals surface area (Å²) in [5.74, 6) is 0.237. The molecule has 0 unspecified atom stereocenters. The average molecular weight is 654 g/mol. The first kappa shape index (κ1) is 31.5. The third kappa shape index (κ3) is 6.67. The topological polar surface area (TPSA) is 112 Å². The van der Waals surface area contributed by atoms with Crippen LogP contribution >= 0.6 is 11.8 Å². The maximum atomic E-state index is 12.9. The second kappa shape index (κ2) is 13.9. The minimum atomic E-state index is -0.310. The van der Waals surface area contributed by atoms with Gasteiger partial charge < -0.3 is 25.6 Å². The van der Waals surface area contributed by atoms with Crippen molar-refractivity contribution in [3.63, 3.8) is 0 Å². The summed E-state index contributed by atoms with van der Waals surface area (Å²) in [6, 6.07) is 16.9. The second-order valence-corrected chi connectivity index (χ2v) is 13.7. The van der Waals surface area contributed by atoms with Gasteiger partial charge in [0, 0.05) is 62.0 Å². The molecule has 0 spiro atoms. The van der Waals surface area contributed by atoms with E-state index in [0.29, 0.717) is 17.5 Å². The van der Waals surface area contributed by atoms with Gasteiger partial charge in [0.05, 0.1) is 41.5 Å². The van der Waals surface area contributed by atoms with Gasteiger partial charge in [0.15, 0.2) is 11.5 Å². The van der Waals surface area contributed by atoms with Gasteiger partial charge in [0.1, 0.15) is 0 Å². The Morgan fingerprint density at radius 2 is 1.77 bits per heavy atom. The Morgan fingerprint density at radius 3 is 2.51 bits per heavy atom. The quantitative estimate of drug-likeness (QED) is 0.205. The lowest BCUT2D eigenvalue weighted by molar-refractivity contribution is 0.0654. The van der Waals surface area contributed by atoms with Crippen LogP contribution in [0.3, 0.4) is 0 Å². The second-order valence-electron chi connectivity index (χ2n) is 12.6. The lowest BCUT2D eigenvalue weighted by Gasteiger charge is -2.32. The Morgan fingerprint density at radius 1 is 0.979 bits per heavy atom. The molecule has 7 rings (SSSR count). The lowest BCUT2D eigenvalue weighted by Crippen LogP contribution is -2.34. The molecule has 3 aliphatic rings. The molecular weight excluding hydrogens is 611 g/mol. The number of para-hydroxylation sites is 1. The van der Waals surface area contributed by atoms with Crippen LogP contribution in [-0.4, -0.2) is 82.7 Å². The molecule has 246 valence electrons. The number of hydrogen-bond acceptors (Lipinski definition) is 10. The molecular formula is C35H43N9O2S. The van der Waals surface area contributed by atoms with E-state index < -0.39 is 0 Å². The maximum absolute atomic E-state index is 12.9. The Bertz CT molecular complexity index is 1710. The molecule has 5 heterocycles. The Kier molecular flexibility index (Phi) is 9.32. The number of rotatable bonds is 9. The van der Waals surface area contributed by atoms with E-state index >= 15 is 0 Å². The van der Waals surface area contributed by atoms with Crippen LogP contribution in [0.4, 0.5) is 28.6 Å². The van der Waals surface area contributed by atoms with Crippen LogP contribution in [-0.2, 0) is 17.8 Å². The van der Waals surface area contributed by atoms with Crippen molar-refractivity contribution >= 4 is 46.2 Å². The average Bonchev–Trinajstić information content (AvgIpc) is 3.54. The van der Waals surface area contributed by atoms with E-state index in [-0.39, 0.29) is 11.6 Å². The summed E-state index contributed by atoms with van der Waals surface area (Å²) >= 11 is 1.99. The van der Waals surface area contributed by atoms with Gasteiger partial charge >= 0.3 is 0 Å². The van der Waals surface area contributed by atoms with E-state index in [4.69, 9.17) is 9.84 Å². The molecule has 12 heteroatoms. The number of benzene rings is 2. The third-order valence-corrected chi connectivity index (χ3v) is 10.7. The summed E-state index contributed by atoms with van der Waals surface area (Å²) < 4.78 is 7.80. The van der Waals surface area contributed by atoms with Crippen molar-refractivity contribution in [3.8, 4) is 11.1 Å². The highest BCUT2D eigenvalue weighted by Crippen LogP contribution is 2.45. The third-order valence-electron chi connectivity index (χ3n) is 9.54. The first-order valence-electron chi connectivity index (χ1n) is 16.5. The fourth-order valence-electron chi connectivity index (χ4n) is 6.97. The monoisotopic (exact) mass is 653 g/mol. The van der Waals surface area contributed by atoms with Crippen molar-refractivity contribution in [1.29, 1.82) is 0 Å². The number of anilines is 5. The van der Waals surface area contributed by atoms with Crippen molar-refractivity contribution in [2.45, 2.75) is 50.1 Å². The zero-order chi connectivity index (χ0) is 32.3. The molecule has 2 saturated heterocycles. The van der Waals surface area contributed by atoms with Gasteiger partial charge in [-0.2, -0.15) is 16.9 Å². The molecule has 0 aliphatic carbocycles. The van der Waals surface area contributed by atoms with Crippen LogP contribution in [0, 0.1) is 0 Å². The molecule has 47 heavy (non-hydrogen) atoms. The van der Waals surface area contributed by atoms with Crippen molar-refractivity contribution in [1.82, 2.24) is 30.2 Å². The summed E-state index contributed by atoms with van der Waals surface area (Å²) in [5, 5.41) is 24.0. The maximum Gasteiger partial charge on any atom is 0.273 e. The van der Waals surface area contributed by atoms with E-state index in [2.05, 4.69) is 84.3 Å². The number of thioether (sulfide) groups is 1. The van der Waals surface area contributed by atoms with Gasteiger partial charge in [-0.25, -0.2) is 0 Å². The Labute approximate surface area is 280 Å². The lowest BCUT2D eigenvalue weighted by atomic mass is 9.97. The van der Waals surface area contributed by atoms with Gasteiger partial charge in [-0.05, 0) is 68.8 Å². The molecule has 0 atom stereocenters. The Balaban J connectivity index is 1.12. The van der Waals surface area contributed by atoms with Gasteiger partial charge in [0.2, 0.25) is 0 Å². The fourth-order valence-corrected chi connectivity index (χ4v) is 7.66. The van der Waals surface area contributed by atoms with Crippen LogP contribution < -0.4 is 20.9 Å². The molecule has 11 nitrogen and oxygen atoms in total. The van der Waals surface area contributed by atoms with E-state index in [1.807, 2.05) is 36.2 Å². The summed E-state index contributed by atoms with van der Waals surface area (Å²) in [6.07, 6.45) is 8.67. The number of aromatic nitrogens is 4. The van der Waals surface area contributed by atoms with Crippen LogP contribution in [0.5, 0.6) is 0 Å². The van der Waals surface area contributed by atoms with Crippen LogP contribution in [0.25, 0.3) is 11.1 Å². The number of amides is 1. The van der Waals surface area contributed by atoms with Gasteiger partial charge in [-0.1, -0.05) is 24.3 Å². The smallest absolute Gasteiger partial charge is 0.273 e. The molecule has 4 aromatic rings. The number of carbonyl (C=O) groups excluding carboxylic acids is 1. The van der Waals surface area contributed by atoms with Crippen molar-refractivity contribution < 1.29 is 9.53 Å². The highest BCUT2D eigenvalue weighted by atomic mass is 32.2. The van der Waals surface area contributed by atoms with Crippen LogP contribution in [0.1, 0.15) is 53.5 Å². The minimum absolute atomic E-state index is 0.225. The van der Waals surface area contributed by atoms with E-state index in [1.54, 1.807) is 7.05 Å². The molecule has 2 aromatic carbocycles. The van der Waals surface area contributed by atoms with Crippen molar-refractivity contribution in [2.24, 2.45) is 0 Å². The molecule has 0 saturated carbocycles. The summed E-state index contributed by atoms with van der Waals surface area (Å²) in [7, 11) is 3.70. The predicted octanol–water partition coefficient (Wildman–Crippen LogP) is 5.82. The molecule has 0 radical (unpaired) electrons. The molecule has 3 N–H and O–H groups in total. The van der Waals surface area contributed by atoms with Crippen molar-refractivity contribution in [2.75, 3.05) is 62.2 Å². The number of piperidine rings is 1. The fraction of sp³-hybridized carbons (Fsp3) is 0.429. The standard InChI is InChI=1S/C35H43N9O2S/c1-36-35(45)33-30(19-32(40-41-33)38-24-9-7-23(8-10-24)21-43-15-11-26(47-3)12-16-43)39-29-6-4-5-27-28-20-37-44(25-13-17-46-18-14-25)31(28)22-42(2)34(27)29/h4-10,19-20,25-26H,11-18,21-22H2,1-3H3,(H,36,45)(H2,38,39,40). The van der Waals surface area contributed by atoms with Crippen LogP contribution in [0.15, 0.2) is 54.7 Å². The number of nitrogens with zero attached hydrogens (tertiary/aromatic N) is 6. The number of fused-ring (bicyclic) bond motifs is 3. The van der Waals surface area contributed by atoms with Gasteiger partial charge in [0.25, 0.3) is 5.91 Å². The Hall–Kier alpha value is -4.13. The molecule has 2 aromatic heterocycles. The molecule has 0 bridgehead atoms. The zero-order valence-corrected chi connectivity index (χ0v) is 28.1. The first-order valence-corrected chi connectivity index (χ1v) is 17.8. The van der Waals surface area contributed by atoms with E-state index in [1.165, 1.54) is 24.1 Å². The predicted molar refractivity (Wildman–Crippen MR) is 189 cm³/mol. The highest BCUT2D eigenvalue weighted by Gasteiger charge is 2.29. The number of hydrogen-bond donors (Lipinski definition) is 3. The number of likely N-dealkylation sites (tertiary alicyclic amines) is 1. The highest BCUT2D eigenvalue weighted by molar-refractivity contribution is 7.99. The van der Waals surface area contributed by atoms with Gasteiger partial charge in [-0.15, -0.1) is 10.2 Å². The number of carbonyl (C=O) groups is 1. The zero-order valence-electron chi connectivity index (χ0n) is 27.3. The molecule has 2 fully saturated rings. The normalized spacial score (nSPS) is 17.2. The molecule has 1 amide bonds. The summed E-state index contributed by atoms with van der Waals surface area (Å²) in [6.45, 7) is 5.53. The number of nitrogens with one attached hydrogen (secondary N) is 3. The summed E-state index contributed by atoms with van der Waals surface area (Å²) in [4.78, 5) is 17.7. The number of ether oxygens (including phenoxy) is 1. The van der Waals surface area contributed by atoms with E-state index in [0.717, 1.165) is 85.7 Å². The SMILES string of the molecule is CNC(=O)c1nnc(Nc2ccc(CN3CCC(SC)CC3)cc2)cc1Nc1cccc2c1N(C)Cc1c-2cnn1C1CCOCC1. The van der Waals surface area contributed by atoms with Gasteiger partial charge in [-0.3, -0.25) is 14.4 Å². The molecule has 3 aliphatic heterocycles. The van der Waals surface area contributed by atoms with E-state index in [9.17, 15) is 4.79 Å². The largest absolute Gasteiger partial charge is 0.381 e.